The number of aliphatic hydroxyl groups is 3. The van der Waals surface area contributed by atoms with E-state index in [2.05, 4.69) is 4.52 Å². The minimum absolute atomic E-state index is 0.642. The van der Waals surface area contributed by atoms with E-state index in [0.717, 1.165) is 0 Å². The topological polar surface area (TPSA) is 174 Å². The summed E-state index contributed by atoms with van der Waals surface area (Å²) in [5, 5.41) is 37.1. The molecule has 5 atom stereocenters. The Kier molecular flexibility index (Phi) is 5.42. The second-order valence-corrected chi connectivity index (χ2v) is 5.31. The monoisotopic (exact) mass is 302 g/mol. The third-order valence-electron chi connectivity index (χ3n) is 2.59. The fourth-order valence-corrected chi connectivity index (χ4v) is 2.02. The average Bonchev–Trinajstić information content (AvgIpc) is 2.26. The molecule has 11 heteroatoms. The number of phosphoric acid groups is 1. The summed E-state index contributed by atoms with van der Waals surface area (Å²) in [5.74, 6) is -1.30. The number of aliphatic carboxylic acids is 1. The van der Waals surface area contributed by atoms with Crippen LogP contribution in [-0.4, -0.2) is 73.3 Å². The molecule has 0 aliphatic carbocycles. The van der Waals surface area contributed by atoms with Crippen molar-refractivity contribution < 1.29 is 48.8 Å². The van der Waals surface area contributed by atoms with Gasteiger partial charge in [0, 0.05) is 0 Å². The number of hydrogen-bond acceptors (Lipinski definition) is 7. The molecule has 0 aromatic rings. The Labute approximate surface area is 107 Å². The van der Waals surface area contributed by atoms with E-state index in [0.29, 0.717) is 0 Å². The Morgan fingerprint density at radius 2 is 1.63 bits per heavy atom. The molecule has 1 rings (SSSR count). The van der Waals surface area contributed by atoms with Gasteiger partial charge in [-0.05, 0) is 0 Å². The van der Waals surface area contributed by atoms with Crippen LogP contribution in [0.1, 0.15) is 6.42 Å². The lowest BCUT2D eigenvalue weighted by molar-refractivity contribution is -0.230. The van der Waals surface area contributed by atoms with Crippen molar-refractivity contribution >= 4 is 13.8 Å². The van der Waals surface area contributed by atoms with Gasteiger partial charge in [-0.3, -0.25) is 9.32 Å². The molecule has 6 N–H and O–H groups in total. The lowest BCUT2D eigenvalue weighted by atomic mass is 9.94. The summed E-state index contributed by atoms with van der Waals surface area (Å²) in [7, 11) is -4.79. The quantitative estimate of drug-likeness (QED) is 0.296. The van der Waals surface area contributed by atoms with E-state index in [9.17, 15) is 24.7 Å². The van der Waals surface area contributed by atoms with Crippen LogP contribution in [0.3, 0.4) is 0 Å². The predicted octanol–water partition coefficient (Wildman–Crippen LogP) is -2.58. The van der Waals surface area contributed by atoms with Gasteiger partial charge in [0.2, 0.25) is 0 Å². The summed E-state index contributed by atoms with van der Waals surface area (Å²) in [4.78, 5) is 27.6. The highest BCUT2D eigenvalue weighted by atomic mass is 31.2. The molecule has 0 radical (unpaired) electrons. The molecule has 0 bridgehead atoms. The summed E-state index contributed by atoms with van der Waals surface area (Å²) < 4.78 is 19.6. The second-order valence-electron chi connectivity index (χ2n) is 4.07. The fraction of sp³-hybridized carbons (Fsp3) is 0.875. The molecule has 0 spiro atoms. The molecule has 0 aromatic carbocycles. The first-order chi connectivity index (χ1) is 8.61. The van der Waals surface area contributed by atoms with Crippen LogP contribution in [-0.2, 0) is 18.6 Å². The van der Waals surface area contributed by atoms with E-state index in [1.807, 2.05) is 0 Å². The summed E-state index contributed by atoms with van der Waals surface area (Å²) in [6, 6.07) is 0. The largest absolute Gasteiger partial charge is 0.481 e. The third-order valence-corrected chi connectivity index (χ3v) is 3.08. The van der Waals surface area contributed by atoms with Crippen molar-refractivity contribution in [3.8, 4) is 0 Å². The van der Waals surface area contributed by atoms with Gasteiger partial charge in [0.25, 0.3) is 0 Å². The highest BCUT2D eigenvalue weighted by molar-refractivity contribution is 7.46. The van der Waals surface area contributed by atoms with Crippen LogP contribution in [0.2, 0.25) is 0 Å². The van der Waals surface area contributed by atoms with Crippen LogP contribution >= 0.6 is 7.82 Å². The molecule has 0 amide bonds. The summed E-state index contributed by atoms with van der Waals surface area (Å²) >= 11 is 0. The molecule has 19 heavy (non-hydrogen) atoms. The molecule has 10 nitrogen and oxygen atoms in total. The smallest absolute Gasteiger partial charge is 0.469 e. The number of hydrogen-bond donors (Lipinski definition) is 6. The normalized spacial score (nSPS) is 36.2. The third kappa shape index (κ3) is 4.79. The van der Waals surface area contributed by atoms with Gasteiger partial charge >= 0.3 is 13.8 Å². The van der Waals surface area contributed by atoms with Crippen molar-refractivity contribution in [3.63, 3.8) is 0 Å². The van der Waals surface area contributed by atoms with Crippen LogP contribution in [0.5, 0.6) is 0 Å². The molecule has 112 valence electrons. The lowest BCUT2D eigenvalue weighted by Gasteiger charge is -2.40. The van der Waals surface area contributed by atoms with E-state index >= 15 is 0 Å². The molecular weight excluding hydrogens is 287 g/mol. The number of phosphoric ester groups is 1. The summed E-state index contributed by atoms with van der Waals surface area (Å²) in [6.45, 7) is -0.759. The zero-order chi connectivity index (χ0) is 14.8. The van der Waals surface area contributed by atoms with Crippen molar-refractivity contribution in [2.24, 2.45) is 0 Å². The Bertz CT molecular complexity index is 367. The highest BCUT2D eigenvalue weighted by Gasteiger charge is 2.44. The van der Waals surface area contributed by atoms with Crippen LogP contribution in [0.4, 0.5) is 0 Å². The van der Waals surface area contributed by atoms with Gasteiger partial charge in [0.05, 0.1) is 19.1 Å². The number of aliphatic hydroxyl groups excluding tert-OH is 3. The van der Waals surface area contributed by atoms with Crippen LogP contribution in [0, 0.1) is 0 Å². The van der Waals surface area contributed by atoms with Gasteiger partial charge in [-0.25, -0.2) is 4.57 Å². The fourth-order valence-electron chi connectivity index (χ4n) is 1.68. The van der Waals surface area contributed by atoms with Gasteiger partial charge in [0.15, 0.2) is 0 Å². The molecule has 1 fully saturated rings. The van der Waals surface area contributed by atoms with E-state index in [4.69, 9.17) is 19.6 Å². The molecule has 1 aliphatic rings. The van der Waals surface area contributed by atoms with Gasteiger partial charge in [0.1, 0.15) is 24.4 Å². The van der Waals surface area contributed by atoms with Crippen molar-refractivity contribution in [1.29, 1.82) is 0 Å². The van der Waals surface area contributed by atoms with Gasteiger partial charge < -0.3 is 34.9 Å². The second kappa shape index (κ2) is 6.25. The number of ether oxygens (including phenoxy) is 1. The maximum atomic E-state index is 10.5. The standard InChI is InChI=1S/C8H15O10P/c9-5(10)1-3-6(11)8(13)7(12)4(18-3)2-17-19(14,15)16/h3-4,6-8,11-13H,1-2H2,(H,9,10)(H2,14,15,16)/t3-,4?,6?,7-,8-/m1/s1. The molecule has 1 heterocycles. The highest BCUT2D eigenvalue weighted by Crippen LogP contribution is 2.37. The first-order valence-electron chi connectivity index (χ1n) is 5.23. The van der Waals surface area contributed by atoms with Crippen LogP contribution in [0.15, 0.2) is 0 Å². The first kappa shape index (κ1) is 16.5. The van der Waals surface area contributed by atoms with Crippen molar-refractivity contribution in [3.05, 3.63) is 0 Å². The minimum Gasteiger partial charge on any atom is -0.481 e. The number of carboxylic acid groups (broad SMARTS) is 1. The molecule has 0 aromatic heterocycles. The number of carbonyl (C=O) groups is 1. The molecule has 1 saturated heterocycles. The molecule has 2 unspecified atom stereocenters. The Hall–Kier alpha value is -0.580. The van der Waals surface area contributed by atoms with Crippen LogP contribution in [0.25, 0.3) is 0 Å². The van der Waals surface area contributed by atoms with E-state index in [-0.39, 0.29) is 0 Å². The van der Waals surface area contributed by atoms with Crippen molar-refractivity contribution in [2.75, 3.05) is 6.61 Å². The van der Waals surface area contributed by atoms with Gasteiger partial charge in [-0.15, -0.1) is 0 Å². The molecule has 0 saturated carbocycles. The maximum absolute atomic E-state index is 10.5. The Morgan fingerprint density at radius 1 is 1.11 bits per heavy atom. The van der Waals surface area contributed by atoms with Gasteiger partial charge in [-0.1, -0.05) is 0 Å². The van der Waals surface area contributed by atoms with E-state index in [1.54, 1.807) is 0 Å². The van der Waals surface area contributed by atoms with E-state index < -0.39 is 57.3 Å². The Morgan fingerprint density at radius 3 is 2.11 bits per heavy atom. The SMILES string of the molecule is O=C(O)C[C@H]1OC(COP(=O)(O)O)[C@@H](O)[C@H](O)C1O. The Balaban J connectivity index is 2.70. The minimum atomic E-state index is -4.79. The predicted molar refractivity (Wildman–Crippen MR) is 56.9 cm³/mol. The zero-order valence-electron chi connectivity index (χ0n) is 9.56. The average molecular weight is 302 g/mol. The van der Waals surface area contributed by atoms with Gasteiger partial charge in [-0.2, -0.15) is 0 Å². The first-order valence-corrected chi connectivity index (χ1v) is 6.76. The van der Waals surface area contributed by atoms with Crippen molar-refractivity contribution in [2.45, 2.75) is 36.9 Å². The van der Waals surface area contributed by atoms with E-state index in [1.165, 1.54) is 0 Å². The molecular formula is C8H15O10P. The lowest BCUT2D eigenvalue weighted by Crippen LogP contribution is -2.58. The summed E-state index contributed by atoms with van der Waals surface area (Å²) in [5.41, 5.74) is 0. The zero-order valence-corrected chi connectivity index (χ0v) is 10.5. The maximum Gasteiger partial charge on any atom is 0.469 e. The number of rotatable bonds is 5. The van der Waals surface area contributed by atoms with Crippen LogP contribution < -0.4 is 0 Å². The van der Waals surface area contributed by atoms with Crippen molar-refractivity contribution in [1.82, 2.24) is 0 Å². The molecule has 1 aliphatic heterocycles. The number of carboxylic acids is 1. The summed E-state index contributed by atoms with van der Waals surface area (Å²) in [6.07, 6.45) is -8.32.